The van der Waals surface area contributed by atoms with Crippen LogP contribution in [0.2, 0.25) is 0 Å². The topological polar surface area (TPSA) is 78.9 Å². The lowest BCUT2D eigenvalue weighted by atomic mass is 10.0. The average molecular weight is 897 g/mol. The fourth-order valence-electron chi connectivity index (χ4n) is 7.84. The summed E-state index contributed by atoms with van der Waals surface area (Å²) in [6.07, 6.45) is 63.9. The zero-order valence-corrected chi connectivity index (χ0v) is 42.6. The van der Waals surface area contributed by atoms with Gasteiger partial charge in [-0.25, -0.2) is 0 Å². The van der Waals surface area contributed by atoms with E-state index in [-0.39, 0.29) is 31.1 Å². The van der Waals surface area contributed by atoms with E-state index in [0.29, 0.717) is 19.3 Å². The van der Waals surface area contributed by atoms with Crippen molar-refractivity contribution in [1.29, 1.82) is 0 Å². The van der Waals surface area contributed by atoms with E-state index in [0.717, 1.165) is 89.9 Å². The summed E-state index contributed by atoms with van der Waals surface area (Å²) in [6, 6.07) is 0. The lowest BCUT2D eigenvalue weighted by Crippen LogP contribution is -2.30. The maximum absolute atomic E-state index is 12.8. The minimum atomic E-state index is -0.777. The SMILES string of the molecule is CCCC/C=C\C/C=C\CCCCCCCC(=O)OC(COC(=O)CCCCCCCCCCC)COC(=O)CCCCCCCCCCCCC/C=C\C/C=C\CCCCCCC. The standard InChI is InChI=1S/C58H104O6/c1-4-7-10-13-16-19-21-23-25-26-27-28-29-30-31-32-33-35-36-39-42-45-48-51-57(60)63-54-55(53-62-56(59)50-47-44-41-38-18-15-12-9-6-3)64-58(61)52-49-46-43-40-37-34-24-22-20-17-14-11-8-5-2/h14,17,21-24,26-27,55H,4-13,15-16,18-20,25,28-54H2,1-3H3/b17-14-,23-21-,24-22-,27-26-. The molecule has 1 atom stereocenters. The molecule has 0 aromatic heterocycles. The molecular weight excluding hydrogens is 793 g/mol. The number of esters is 3. The zero-order chi connectivity index (χ0) is 46.5. The normalized spacial score (nSPS) is 12.4. The van der Waals surface area contributed by atoms with Crippen molar-refractivity contribution in [3.05, 3.63) is 48.6 Å². The Morgan fingerprint density at radius 2 is 0.578 bits per heavy atom. The number of hydrogen-bond acceptors (Lipinski definition) is 6. The van der Waals surface area contributed by atoms with E-state index < -0.39 is 6.10 Å². The summed E-state index contributed by atoms with van der Waals surface area (Å²) in [4.78, 5) is 37.9. The van der Waals surface area contributed by atoms with Crippen LogP contribution in [0.5, 0.6) is 0 Å². The summed E-state index contributed by atoms with van der Waals surface area (Å²) in [7, 11) is 0. The van der Waals surface area contributed by atoms with Crippen molar-refractivity contribution in [1.82, 2.24) is 0 Å². The summed E-state index contributed by atoms with van der Waals surface area (Å²) in [6.45, 7) is 6.57. The van der Waals surface area contributed by atoms with Gasteiger partial charge in [0.15, 0.2) is 6.10 Å². The van der Waals surface area contributed by atoms with Gasteiger partial charge in [0.25, 0.3) is 0 Å². The number of rotatable bonds is 50. The summed E-state index contributed by atoms with van der Waals surface area (Å²) in [5.74, 6) is -0.887. The van der Waals surface area contributed by atoms with Crippen LogP contribution in [-0.4, -0.2) is 37.2 Å². The minimum Gasteiger partial charge on any atom is -0.462 e. The van der Waals surface area contributed by atoms with Crippen molar-refractivity contribution < 1.29 is 28.6 Å². The fourth-order valence-corrected chi connectivity index (χ4v) is 7.84. The molecule has 0 heterocycles. The van der Waals surface area contributed by atoms with E-state index in [2.05, 4.69) is 69.4 Å². The molecule has 0 N–H and O–H groups in total. The smallest absolute Gasteiger partial charge is 0.306 e. The Morgan fingerprint density at radius 3 is 0.906 bits per heavy atom. The van der Waals surface area contributed by atoms with Crippen LogP contribution in [0.4, 0.5) is 0 Å². The predicted octanol–water partition coefficient (Wildman–Crippen LogP) is 18.3. The molecule has 1 unspecified atom stereocenters. The van der Waals surface area contributed by atoms with Gasteiger partial charge in [-0.3, -0.25) is 14.4 Å². The molecule has 0 rings (SSSR count). The number of carbonyl (C=O) groups is 3. The first-order chi connectivity index (χ1) is 31.5. The molecule has 0 aliphatic carbocycles. The first-order valence-electron chi connectivity index (χ1n) is 27.6. The molecule has 0 bridgehead atoms. The van der Waals surface area contributed by atoms with Crippen LogP contribution in [0.25, 0.3) is 0 Å². The monoisotopic (exact) mass is 897 g/mol. The molecule has 0 saturated carbocycles. The number of allylic oxidation sites excluding steroid dienone is 8. The first kappa shape index (κ1) is 61.4. The third-order valence-electron chi connectivity index (χ3n) is 12.1. The van der Waals surface area contributed by atoms with Crippen LogP contribution in [-0.2, 0) is 28.6 Å². The van der Waals surface area contributed by atoms with Crippen molar-refractivity contribution >= 4 is 17.9 Å². The van der Waals surface area contributed by atoms with E-state index >= 15 is 0 Å². The Hall–Kier alpha value is -2.63. The number of ether oxygens (including phenoxy) is 3. The second-order valence-electron chi connectivity index (χ2n) is 18.5. The molecule has 372 valence electrons. The van der Waals surface area contributed by atoms with Gasteiger partial charge in [0.1, 0.15) is 13.2 Å². The fraction of sp³-hybridized carbons (Fsp3) is 0.810. The molecule has 6 heteroatoms. The lowest BCUT2D eigenvalue weighted by molar-refractivity contribution is -0.167. The van der Waals surface area contributed by atoms with Gasteiger partial charge in [-0.05, 0) is 77.0 Å². The average Bonchev–Trinajstić information content (AvgIpc) is 3.29. The molecule has 0 radical (unpaired) electrons. The number of unbranched alkanes of at least 4 members (excludes halogenated alkanes) is 31. The Labute approximate surface area is 397 Å². The molecule has 0 spiro atoms. The summed E-state index contributed by atoms with van der Waals surface area (Å²) in [5, 5.41) is 0. The highest BCUT2D eigenvalue weighted by Gasteiger charge is 2.19. The third-order valence-corrected chi connectivity index (χ3v) is 12.1. The highest BCUT2D eigenvalue weighted by Crippen LogP contribution is 2.15. The lowest BCUT2D eigenvalue weighted by Gasteiger charge is -2.18. The second kappa shape index (κ2) is 53.0. The second-order valence-corrected chi connectivity index (χ2v) is 18.5. The highest BCUT2D eigenvalue weighted by molar-refractivity contribution is 5.71. The Kier molecular flexibility index (Phi) is 50.8. The van der Waals surface area contributed by atoms with Crippen LogP contribution in [0, 0.1) is 0 Å². The Morgan fingerprint density at radius 1 is 0.312 bits per heavy atom. The van der Waals surface area contributed by atoms with Crippen molar-refractivity contribution in [2.24, 2.45) is 0 Å². The van der Waals surface area contributed by atoms with Crippen LogP contribution in [0.15, 0.2) is 48.6 Å². The van der Waals surface area contributed by atoms with Crippen LogP contribution < -0.4 is 0 Å². The van der Waals surface area contributed by atoms with Crippen LogP contribution >= 0.6 is 0 Å². The van der Waals surface area contributed by atoms with Gasteiger partial charge < -0.3 is 14.2 Å². The summed E-state index contributed by atoms with van der Waals surface area (Å²) < 4.78 is 16.8. The van der Waals surface area contributed by atoms with Gasteiger partial charge in [-0.15, -0.1) is 0 Å². The van der Waals surface area contributed by atoms with Gasteiger partial charge in [0, 0.05) is 19.3 Å². The molecule has 0 aliphatic rings. The quantitative estimate of drug-likeness (QED) is 0.0262. The molecular formula is C58H104O6. The van der Waals surface area contributed by atoms with Crippen molar-refractivity contribution in [3.8, 4) is 0 Å². The maximum atomic E-state index is 12.8. The largest absolute Gasteiger partial charge is 0.462 e. The molecule has 0 amide bonds. The maximum Gasteiger partial charge on any atom is 0.306 e. The third kappa shape index (κ3) is 50.4. The molecule has 0 aromatic carbocycles. The molecule has 0 fully saturated rings. The van der Waals surface area contributed by atoms with Crippen molar-refractivity contribution in [2.45, 2.75) is 290 Å². The van der Waals surface area contributed by atoms with E-state index in [1.165, 1.54) is 154 Å². The van der Waals surface area contributed by atoms with Crippen LogP contribution in [0.1, 0.15) is 284 Å². The van der Waals surface area contributed by atoms with Crippen molar-refractivity contribution in [3.63, 3.8) is 0 Å². The van der Waals surface area contributed by atoms with E-state index in [1.54, 1.807) is 0 Å². The van der Waals surface area contributed by atoms with Gasteiger partial charge >= 0.3 is 17.9 Å². The highest BCUT2D eigenvalue weighted by atomic mass is 16.6. The molecule has 6 nitrogen and oxygen atoms in total. The number of carbonyl (C=O) groups excluding carboxylic acids is 3. The predicted molar refractivity (Wildman–Crippen MR) is 275 cm³/mol. The summed E-state index contributed by atoms with van der Waals surface area (Å²) in [5.41, 5.74) is 0. The van der Waals surface area contributed by atoms with Gasteiger partial charge in [0.2, 0.25) is 0 Å². The Balaban J connectivity index is 4.23. The zero-order valence-electron chi connectivity index (χ0n) is 42.6. The van der Waals surface area contributed by atoms with Crippen molar-refractivity contribution in [2.75, 3.05) is 13.2 Å². The van der Waals surface area contributed by atoms with Gasteiger partial charge in [0.05, 0.1) is 0 Å². The molecule has 0 aliphatic heterocycles. The van der Waals surface area contributed by atoms with E-state index in [4.69, 9.17) is 14.2 Å². The van der Waals surface area contributed by atoms with Gasteiger partial charge in [-0.2, -0.15) is 0 Å². The van der Waals surface area contributed by atoms with E-state index in [9.17, 15) is 14.4 Å². The Bertz CT molecular complexity index is 1120. The van der Waals surface area contributed by atoms with Crippen LogP contribution in [0.3, 0.4) is 0 Å². The van der Waals surface area contributed by atoms with Gasteiger partial charge in [-0.1, -0.05) is 236 Å². The molecule has 0 saturated heterocycles. The summed E-state index contributed by atoms with van der Waals surface area (Å²) >= 11 is 0. The number of hydrogen-bond donors (Lipinski definition) is 0. The molecule has 64 heavy (non-hydrogen) atoms. The first-order valence-corrected chi connectivity index (χ1v) is 27.6. The molecule has 0 aromatic rings. The van der Waals surface area contributed by atoms with E-state index in [1.807, 2.05) is 0 Å². The minimum absolute atomic E-state index is 0.0773.